The summed E-state index contributed by atoms with van der Waals surface area (Å²) in [6.45, 7) is 2.11. The average Bonchev–Trinajstić information content (AvgIpc) is 1.88. The van der Waals surface area contributed by atoms with Crippen molar-refractivity contribution < 1.29 is 0 Å². The first-order chi connectivity index (χ1) is 4.72. The van der Waals surface area contributed by atoms with Crippen LogP contribution < -0.4 is 5.19 Å². The predicted octanol–water partition coefficient (Wildman–Crippen LogP) is 2.10. The molecule has 0 aliphatic heterocycles. The highest BCUT2D eigenvalue weighted by molar-refractivity contribution is 14.1. The minimum Gasteiger partial charge on any atom is -0.152 e. The lowest BCUT2D eigenvalue weighted by Crippen LogP contribution is -2.19. The number of rotatable bonds is 1. The van der Waals surface area contributed by atoms with Crippen LogP contribution in [0.2, 0.25) is 0 Å². The summed E-state index contributed by atoms with van der Waals surface area (Å²) in [6, 6.07) is 8.31. The van der Waals surface area contributed by atoms with Gasteiger partial charge in [-0.3, -0.25) is 0 Å². The Balaban J connectivity index is 3.03. The van der Waals surface area contributed by atoms with Crippen LogP contribution in [0.3, 0.4) is 0 Å². The van der Waals surface area contributed by atoms with E-state index in [-0.39, 0.29) is 0 Å². The molecule has 0 amide bonds. The molecule has 1 unspecified atom stereocenters. The summed E-state index contributed by atoms with van der Waals surface area (Å²) in [5.74, 6) is 0. The van der Waals surface area contributed by atoms with Gasteiger partial charge in [-0.25, -0.2) is 0 Å². The third kappa shape index (κ3) is 1.97. The summed E-state index contributed by atoms with van der Waals surface area (Å²) in [4.78, 5) is 0. The first-order valence-corrected chi connectivity index (χ1v) is 9.55. The fourth-order valence-corrected chi connectivity index (χ4v) is 4.36. The molecular formula is C7H8ClISi. The van der Waals surface area contributed by atoms with Gasteiger partial charge in [0.1, 0.15) is 0 Å². The lowest BCUT2D eigenvalue weighted by atomic mass is 10.2. The fourth-order valence-electron chi connectivity index (χ4n) is 0.832. The van der Waals surface area contributed by atoms with E-state index in [1.54, 1.807) is 0 Å². The first kappa shape index (κ1) is 8.55. The van der Waals surface area contributed by atoms with Crippen LogP contribution in [0.5, 0.6) is 0 Å². The Kier molecular flexibility index (Phi) is 3.19. The van der Waals surface area contributed by atoms with Gasteiger partial charge in [-0.1, -0.05) is 51.6 Å². The molecule has 0 radical (unpaired) electrons. The molecule has 0 nitrogen and oxygen atoms in total. The molecule has 0 N–H and O–H groups in total. The number of benzene rings is 1. The van der Waals surface area contributed by atoms with Crippen LogP contribution in [-0.4, -0.2) is 5.60 Å². The lowest BCUT2D eigenvalue weighted by molar-refractivity contribution is 1.52. The fraction of sp³-hybridized carbons (Fsp3) is 0.143. The van der Waals surface area contributed by atoms with Crippen molar-refractivity contribution in [3.63, 3.8) is 0 Å². The number of halogens is 2. The van der Waals surface area contributed by atoms with Gasteiger partial charge in [-0.05, 0) is 12.1 Å². The largest absolute Gasteiger partial charge is 0.236 e. The summed E-state index contributed by atoms with van der Waals surface area (Å²) in [6.07, 6.45) is 0. The molecule has 0 aromatic heterocycles. The van der Waals surface area contributed by atoms with Crippen LogP contribution in [0.4, 0.5) is 0 Å². The van der Waals surface area contributed by atoms with E-state index in [1.165, 1.54) is 10.8 Å². The maximum absolute atomic E-state index is 6.03. The van der Waals surface area contributed by atoms with Crippen LogP contribution in [0.25, 0.3) is 0 Å². The van der Waals surface area contributed by atoms with E-state index in [9.17, 15) is 0 Å². The summed E-state index contributed by atoms with van der Waals surface area (Å²) in [7, 11) is 0. The molecule has 1 rings (SSSR count). The Morgan fingerprint density at radius 3 is 2.40 bits per heavy atom. The van der Waals surface area contributed by atoms with E-state index in [0.29, 0.717) is 0 Å². The van der Waals surface area contributed by atoms with Gasteiger partial charge < -0.3 is 0 Å². The minimum absolute atomic E-state index is 1.13. The highest BCUT2D eigenvalue weighted by Crippen LogP contribution is 2.04. The monoisotopic (exact) mass is 282 g/mol. The molecule has 0 spiro atoms. The van der Waals surface area contributed by atoms with Crippen molar-refractivity contribution in [2.45, 2.75) is 6.92 Å². The molecule has 10 heavy (non-hydrogen) atoms. The number of aryl methyl sites for hydroxylation is 1. The Labute approximate surface area is 80.1 Å². The highest BCUT2D eigenvalue weighted by Gasteiger charge is 2.06. The van der Waals surface area contributed by atoms with Gasteiger partial charge >= 0.3 is 0 Å². The molecule has 1 atom stereocenters. The van der Waals surface area contributed by atoms with Gasteiger partial charge in [0.2, 0.25) is 5.60 Å². The van der Waals surface area contributed by atoms with Gasteiger partial charge in [-0.15, -0.1) is 0 Å². The summed E-state index contributed by atoms with van der Waals surface area (Å²) in [5.41, 5.74) is 0.197. The summed E-state index contributed by atoms with van der Waals surface area (Å²) >= 11 is 8.37. The van der Waals surface area contributed by atoms with Crippen LogP contribution in [0.1, 0.15) is 5.56 Å². The third-order valence-corrected chi connectivity index (χ3v) is 5.26. The smallest absolute Gasteiger partial charge is 0.152 e. The van der Waals surface area contributed by atoms with E-state index < -0.39 is 5.60 Å². The van der Waals surface area contributed by atoms with Crippen LogP contribution in [-0.2, 0) is 0 Å². The van der Waals surface area contributed by atoms with Gasteiger partial charge in [0, 0.05) is 0 Å². The van der Waals surface area contributed by atoms with Gasteiger partial charge in [-0.2, -0.15) is 11.1 Å². The maximum atomic E-state index is 6.03. The van der Waals surface area contributed by atoms with Crippen molar-refractivity contribution in [2.75, 3.05) is 0 Å². The van der Waals surface area contributed by atoms with E-state index in [1.807, 2.05) is 12.1 Å². The van der Waals surface area contributed by atoms with Crippen LogP contribution in [0.15, 0.2) is 24.3 Å². The molecule has 0 saturated heterocycles. The average molecular weight is 283 g/mol. The molecular weight excluding hydrogens is 275 g/mol. The SMILES string of the molecule is Cc1ccccc1[SiH](Cl)I. The van der Waals surface area contributed by atoms with E-state index in [4.69, 9.17) is 11.1 Å². The van der Waals surface area contributed by atoms with Crippen molar-refractivity contribution in [1.82, 2.24) is 0 Å². The number of hydrogen-bond acceptors (Lipinski definition) is 0. The maximum Gasteiger partial charge on any atom is 0.236 e. The van der Waals surface area contributed by atoms with E-state index in [0.717, 1.165) is 0 Å². The second-order valence-electron chi connectivity index (χ2n) is 2.16. The molecule has 3 heteroatoms. The second-order valence-corrected chi connectivity index (χ2v) is 10.6. The van der Waals surface area contributed by atoms with Gasteiger partial charge in [0.25, 0.3) is 0 Å². The molecule has 0 aliphatic rings. The minimum atomic E-state index is -1.13. The lowest BCUT2D eigenvalue weighted by Gasteiger charge is -2.02. The van der Waals surface area contributed by atoms with Crippen molar-refractivity contribution in [2.24, 2.45) is 0 Å². The topological polar surface area (TPSA) is 0 Å². The van der Waals surface area contributed by atoms with Crippen molar-refractivity contribution in [3.8, 4) is 0 Å². The van der Waals surface area contributed by atoms with Crippen LogP contribution >= 0.6 is 32.9 Å². The molecule has 0 bridgehead atoms. The van der Waals surface area contributed by atoms with Gasteiger partial charge in [0.15, 0.2) is 0 Å². The standard InChI is InChI=1S/C7H8ClISi/c1-6-4-2-3-5-7(6)10(8)9/h2-5,10H,1H3. The van der Waals surface area contributed by atoms with E-state index in [2.05, 4.69) is 40.9 Å². The highest BCUT2D eigenvalue weighted by atomic mass is 127. The van der Waals surface area contributed by atoms with Gasteiger partial charge in [0.05, 0.1) is 0 Å². The molecule has 1 aromatic rings. The normalized spacial score (nSPS) is 13.1. The molecule has 0 fully saturated rings. The van der Waals surface area contributed by atoms with Crippen molar-refractivity contribution >= 4 is 43.7 Å². The Morgan fingerprint density at radius 1 is 1.40 bits per heavy atom. The number of hydrogen-bond donors (Lipinski definition) is 0. The zero-order valence-electron chi connectivity index (χ0n) is 5.64. The molecule has 1 aromatic carbocycles. The summed E-state index contributed by atoms with van der Waals surface area (Å²) in [5, 5.41) is 1.35. The molecule has 0 aliphatic carbocycles. The van der Waals surface area contributed by atoms with Crippen molar-refractivity contribution in [3.05, 3.63) is 29.8 Å². The second kappa shape index (κ2) is 3.73. The zero-order valence-corrected chi connectivity index (χ0v) is 9.71. The van der Waals surface area contributed by atoms with Crippen LogP contribution in [0, 0.1) is 6.92 Å². The predicted molar refractivity (Wildman–Crippen MR) is 57.8 cm³/mol. The quantitative estimate of drug-likeness (QED) is 0.420. The molecule has 0 heterocycles. The molecule has 54 valence electrons. The third-order valence-electron chi connectivity index (χ3n) is 1.42. The Bertz CT molecular complexity index is 225. The first-order valence-electron chi connectivity index (χ1n) is 3.05. The summed E-state index contributed by atoms with van der Waals surface area (Å²) < 4.78 is 0. The Hall–Kier alpha value is 0.457. The van der Waals surface area contributed by atoms with E-state index >= 15 is 0 Å². The molecule has 0 saturated carbocycles. The Morgan fingerprint density at radius 2 is 2.00 bits per heavy atom. The van der Waals surface area contributed by atoms with Crippen molar-refractivity contribution in [1.29, 1.82) is 0 Å². The zero-order chi connectivity index (χ0) is 7.56.